The second kappa shape index (κ2) is 14.4. The number of rotatable bonds is 10. The fraction of sp³-hybridized carbons (Fsp3) is 0.0645. The van der Waals surface area contributed by atoms with Crippen molar-refractivity contribution >= 4 is 70.1 Å². The summed E-state index contributed by atoms with van der Waals surface area (Å²) in [5.41, 5.74) is 2.27. The van der Waals surface area contributed by atoms with E-state index < -0.39 is 11.8 Å². The number of methoxy groups -OCH3 is 1. The molecular formula is C31H25Cl2N3O4S. The Morgan fingerprint density at radius 3 is 2.17 bits per heavy atom. The summed E-state index contributed by atoms with van der Waals surface area (Å²) >= 11 is 13.4. The van der Waals surface area contributed by atoms with E-state index in [4.69, 9.17) is 27.9 Å². The number of hydrogen-bond donors (Lipinski definition) is 3. The molecule has 0 atom stereocenters. The van der Waals surface area contributed by atoms with Crippen LogP contribution in [-0.4, -0.2) is 30.6 Å². The number of halogens is 2. The van der Waals surface area contributed by atoms with Crippen molar-refractivity contribution < 1.29 is 19.1 Å². The van der Waals surface area contributed by atoms with E-state index in [2.05, 4.69) is 16.0 Å². The second-order valence-corrected chi connectivity index (χ2v) is 10.5. The molecule has 4 rings (SSSR count). The summed E-state index contributed by atoms with van der Waals surface area (Å²) in [4.78, 5) is 39.2. The van der Waals surface area contributed by atoms with Gasteiger partial charge in [-0.1, -0.05) is 53.5 Å². The largest absolute Gasteiger partial charge is 0.495 e. The molecule has 41 heavy (non-hydrogen) atoms. The highest BCUT2D eigenvalue weighted by Crippen LogP contribution is 2.27. The summed E-state index contributed by atoms with van der Waals surface area (Å²) in [5.74, 6) is -0.406. The van der Waals surface area contributed by atoms with E-state index in [1.54, 1.807) is 103 Å². The van der Waals surface area contributed by atoms with Crippen molar-refractivity contribution in [2.24, 2.45) is 0 Å². The number of ether oxygens (including phenoxy) is 1. The molecule has 0 radical (unpaired) electrons. The molecule has 10 heteroatoms. The van der Waals surface area contributed by atoms with Gasteiger partial charge in [-0.25, -0.2) is 0 Å². The molecule has 4 aromatic rings. The zero-order chi connectivity index (χ0) is 29.2. The molecule has 0 unspecified atom stereocenters. The lowest BCUT2D eigenvalue weighted by atomic mass is 10.1. The summed E-state index contributed by atoms with van der Waals surface area (Å²) in [7, 11) is 1.52. The van der Waals surface area contributed by atoms with Crippen LogP contribution < -0.4 is 20.7 Å². The molecule has 4 aromatic carbocycles. The Kier molecular flexibility index (Phi) is 10.5. The highest BCUT2D eigenvalue weighted by Gasteiger charge is 2.15. The summed E-state index contributed by atoms with van der Waals surface area (Å²) in [6, 6.07) is 27.6. The van der Waals surface area contributed by atoms with Crippen molar-refractivity contribution in [2.75, 3.05) is 23.5 Å². The van der Waals surface area contributed by atoms with Crippen molar-refractivity contribution in [3.63, 3.8) is 0 Å². The zero-order valence-corrected chi connectivity index (χ0v) is 24.1. The molecule has 0 spiro atoms. The van der Waals surface area contributed by atoms with Crippen LogP contribution in [0.25, 0.3) is 6.08 Å². The fourth-order valence-corrected chi connectivity index (χ4v) is 4.67. The molecule has 0 aliphatic heterocycles. The van der Waals surface area contributed by atoms with Crippen LogP contribution in [0.15, 0.2) is 108 Å². The Balaban J connectivity index is 1.38. The molecule has 0 saturated heterocycles. The number of thioether (sulfide) groups is 1. The lowest BCUT2D eigenvalue weighted by molar-refractivity contribution is -0.114. The second-order valence-electron chi connectivity index (χ2n) is 8.59. The third kappa shape index (κ3) is 8.88. The van der Waals surface area contributed by atoms with Crippen LogP contribution in [0.3, 0.4) is 0 Å². The van der Waals surface area contributed by atoms with Crippen LogP contribution in [-0.2, 0) is 9.59 Å². The summed E-state index contributed by atoms with van der Waals surface area (Å²) < 4.78 is 5.12. The van der Waals surface area contributed by atoms with Gasteiger partial charge in [0.05, 0.1) is 17.9 Å². The molecule has 208 valence electrons. The van der Waals surface area contributed by atoms with Gasteiger partial charge in [0.15, 0.2) is 0 Å². The number of anilines is 2. The summed E-state index contributed by atoms with van der Waals surface area (Å²) in [5, 5.41) is 9.28. The minimum absolute atomic E-state index is 0.0648. The van der Waals surface area contributed by atoms with Crippen LogP contribution in [0.2, 0.25) is 10.0 Å². The first-order valence-electron chi connectivity index (χ1n) is 12.3. The summed E-state index contributed by atoms with van der Waals surface area (Å²) in [6.45, 7) is 0. The van der Waals surface area contributed by atoms with E-state index >= 15 is 0 Å². The molecule has 3 amide bonds. The van der Waals surface area contributed by atoms with Crippen molar-refractivity contribution in [2.45, 2.75) is 4.90 Å². The quantitative estimate of drug-likeness (QED) is 0.132. The Bertz CT molecular complexity index is 1560. The predicted octanol–water partition coefficient (Wildman–Crippen LogP) is 7.14. The third-order valence-electron chi connectivity index (χ3n) is 5.63. The van der Waals surface area contributed by atoms with Crippen molar-refractivity contribution in [1.82, 2.24) is 5.32 Å². The number of amides is 3. The standard InChI is InChI=1S/C31H25Cl2N3O4S/c1-40-28-16-13-24(18-26(28)33)34-29(37)19-41-25-14-11-23(12-15-25)35-31(39)27(17-20-7-9-22(32)10-8-20)36-30(38)21-5-3-2-4-6-21/h2-18H,19H2,1H3,(H,34,37)(H,35,39)(H,36,38)/b27-17-. The maximum atomic E-state index is 13.2. The van der Waals surface area contributed by atoms with Gasteiger partial charge in [0.25, 0.3) is 11.8 Å². The molecule has 0 aliphatic rings. The molecule has 0 bridgehead atoms. The molecule has 0 aliphatic carbocycles. The molecule has 7 nitrogen and oxygen atoms in total. The average molecular weight is 607 g/mol. The van der Waals surface area contributed by atoms with Gasteiger partial charge in [-0.15, -0.1) is 11.8 Å². The molecule has 0 fully saturated rings. The first-order chi connectivity index (χ1) is 19.8. The van der Waals surface area contributed by atoms with E-state index in [1.165, 1.54) is 18.9 Å². The lowest BCUT2D eigenvalue weighted by Gasteiger charge is -2.12. The number of carbonyl (C=O) groups is 3. The Hall–Kier alpha value is -4.24. The van der Waals surface area contributed by atoms with Gasteiger partial charge in [-0.3, -0.25) is 14.4 Å². The van der Waals surface area contributed by atoms with Crippen LogP contribution in [0.4, 0.5) is 11.4 Å². The molecule has 0 aromatic heterocycles. The minimum atomic E-state index is -0.498. The predicted molar refractivity (Wildman–Crippen MR) is 166 cm³/mol. The number of nitrogens with one attached hydrogen (secondary N) is 3. The topological polar surface area (TPSA) is 96.5 Å². The van der Waals surface area contributed by atoms with Crippen LogP contribution in [0, 0.1) is 0 Å². The Morgan fingerprint density at radius 1 is 0.829 bits per heavy atom. The highest BCUT2D eigenvalue weighted by atomic mass is 35.5. The van der Waals surface area contributed by atoms with Crippen LogP contribution in [0.1, 0.15) is 15.9 Å². The van der Waals surface area contributed by atoms with E-state index in [1.807, 2.05) is 0 Å². The van der Waals surface area contributed by atoms with Gasteiger partial charge in [-0.2, -0.15) is 0 Å². The molecular weight excluding hydrogens is 581 g/mol. The molecule has 0 heterocycles. The Labute approximate surface area is 251 Å². The monoisotopic (exact) mass is 605 g/mol. The zero-order valence-electron chi connectivity index (χ0n) is 21.8. The van der Waals surface area contributed by atoms with Crippen molar-refractivity contribution in [3.05, 3.63) is 124 Å². The van der Waals surface area contributed by atoms with Crippen molar-refractivity contribution in [3.8, 4) is 5.75 Å². The SMILES string of the molecule is COc1ccc(NC(=O)CSc2ccc(NC(=O)/C(=C/c3ccc(Cl)cc3)NC(=O)c3ccccc3)cc2)cc1Cl. The van der Waals surface area contributed by atoms with E-state index in [0.717, 1.165) is 4.90 Å². The minimum Gasteiger partial charge on any atom is -0.495 e. The molecule has 3 N–H and O–H groups in total. The normalized spacial score (nSPS) is 11.0. The van der Waals surface area contributed by atoms with E-state index in [-0.39, 0.29) is 17.4 Å². The molecule has 0 saturated carbocycles. The Morgan fingerprint density at radius 2 is 1.51 bits per heavy atom. The smallest absolute Gasteiger partial charge is 0.272 e. The highest BCUT2D eigenvalue weighted by molar-refractivity contribution is 8.00. The van der Waals surface area contributed by atoms with Gasteiger partial charge in [-0.05, 0) is 78.4 Å². The lowest BCUT2D eigenvalue weighted by Crippen LogP contribution is -2.30. The maximum Gasteiger partial charge on any atom is 0.272 e. The van der Waals surface area contributed by atoms with E-state index in [0.29, 0.717) is 38.3 Å². The first kappa shape index (κ1) is 29.7. The van der Waals surface area contributed by atoms with Gasteiger partial charge in [0.2, 0.25) is 5.91 Å². The van der Waals surface area contributed by atoms with Gasteiger partial charge in [0.1, 0.15) is 11.4 Å². The van der Waals surface area contributed by atoms with Crippen LogP contribution >= 0.6 is 35.0 Å². The summed E-state index contributed by atoms with van der Waals surface area (Å²) in [6.07, 6.45) is 1.57. The van der Waals surface area contributed by atoms with Gasteiger partial charge in [0, 0.05) is 26.9 Å². The first-order valence-corrected chi connectivity index (χ1v) is 14.1. The maximum absolute atomic E-state index is 13.2. The number of hydrogen-bond acceptors (Lipinski definition) is 5. The number of carbonyl (C=O) groups excluding carboxylic acids is 3. The van der Waals surface area contributed by atoms with Crippen LogP contribution in [0.5, 0.6) is 5.75 Å². The van der Waals surface area contributed by atoms with Gasteiger partial charge < -0.3 is 20.7 Å². The van der Waals surface area contributed by atoms with Gasteiger partial charge >= 0.3 is 0 Å². The number of benzene rings is 4. The fourth-order valence-electron chi connectivity index (χ4n) is 3.59. The van der Waals surface area contributed by atoms with Crippen molar-refractivity contribution in [1.29, 1.82) is 0 Å². The third-order valence-corrected chi connectivity index (χ3v) is 7.19. The average Bonchev–Trinajstić information content (AvgIpc) is 2.98. The van der Waals surface area contributed by atoms with E-state index in [9.17, 15) is 14.4 Å².